The van der Waals surface area contributed by atoms with Gasteiger partial charge in [-0.05, 0) is 49.0 Å². The third-order valence-corrected chi connectivity index (χ3v) is 4.37. The summed E-state index contributed by atoms with van der Waals surface area (Å²) >= 11 is 1.92. The van der Waals surface area contributed by atoms with E-state index in [2.05, 4.69) is 47.3 Å². The van der Waals surface area contributed by atoms with E-state index in [9.17, 15) is 0 Å². The molecule has 0 spiro atoms. The third-order valence-electron chi connectivity index (χ3n) is 3.02. The van der Waals surface area contributed by atoms with Crippen molar-refractivity contribution in [1.82, 2.24) is 0 Å². The van der Waals surface area contributed by atoms with E-state index in [-0.39, 0.29) is 0 Å². The number of hydrogen-bond acceptors (Lipinski definition) is 1. The van der Waals surface area contributed by atoms with Crippen molar-refractivity contribution in [2.24, 2.45) is 0 Å². The van der Waals surface area contributed by atoms with Gasteiger partial charge in [0.15, 0.2) is 0 Å². The average molecular weight is 295 g/mol. The van der Waals surface area contributed by atoms with Crippen LogP contribution in [0.2, 0.25) is 0 Å². The van der Waals surface area contributed by atoms with Gasteiger partial charge in [-0.15, -0.1) is 11.3 Å². The molecule has 0 N–H and O–H groups in total. The lowest BCUT2D eigenvalue weighted by molar-refractivity contribution is 0.889. The minimum atomic E-state index is 0.624. The van der Waals surface area contributed by atoms with E-state index in [1.165, 1.54) is 26.5 Å². The van der Waals surface area contributed by atoms with Crippen molar-refractivity contribution >= 4 is 16.9 Å². The zero-order valence-electron chi connectivity index (χ0n) is 15.1. The quantitative estimate of drug-likeness (QED) is 0.501. The molecule has 0 aliphatic rings. The molecular weight excluding hydrogens is 260 g/mol. The molecule has 0 unspecified atom stereocenters. The number of thiophene rings is 1. The van der Waals surface area contributed by atoms with Gasteiger partial charge in [-0.1, -0.05) is 61.1 Å². The fourth-order valence-corrected chi connectivity index (χ4v) is 2.99. The molecule has 0 saturated heterocycles. The maximum absolute atomic E-state index is 3.90. The van der Waals surface area contributed by atoms with Crippen molar-refractivity contribution in [3.05, 3.63) is 39.6 Å². The molecule has 0 atom stereocenters. The Morgan fingerprint density at radius 1 is 1.25 bits per heavy atom. The molecule has 0 fully saturated rings. The minimum absolute atomic E-state index is 0.624. The van der Waals surface area contributed by atoms with Gasteiger partial charge in [0.25, 0.3) is 0 Å². The number of rotatable bonds is 4. The van der Waals surface area contributed by atoms with Gasteiger partial charge in [0.1, 0.15) is 0 Å². The van der Waals surface area contributed by atoms with Crippen LogP contribution in [0, 0.1) is 6.92 Å². The number of hydrogen-bond donors (Lipinski definition) is 0. The Balaban J connectivity index is 0. The largest absolute Gasteiger partial charge is 0.145 e. The summed E-state index contributed by atoms with van der Waals surface area (Å²) in [6, 6.07) is 2.35. The lowest BCUT2D eigenvalue weighted by Crippen LogP contribution is -1.85. The molecule has 0 bridgehead atoms. The van der Waals surface area contributed by atoms with Crippen LogP contribution in [0.3, 0.4) is 0 Å². The van der Waals surface area contributed by atoms with Crippen molar-refractivity contribution in [3.8, 4) is 0 Å². The number of aryl methyl sites for hydroxylation is 1. The monoisotopic (exact) mass is 294 g/mol. The summed E-state index contributed by atoms with van der Waals surface area (Å²) in [6.07, 6.45) is 3.04. The molecule has 0 amide bonds. The summed E-state index contributed by atoms with van der Waals surface area (Å²) in [5, 5.41) is 0. The van der Waals surface area contributed by atoms with E-state index in [1.54, 1.807) is 0 Å². The summed E-state index contributed by atoms with van der Waals surface area (Å²) in [5.41, 5.74) is 4.15. The van der Waals surface area contributed by atoms with Crippen molar-refractivity contribution < 1.29 is 0 Å². The smallest absolute Gasteiger partial charge is 0.00923 e. The Hall–Kier alpha value is -0.820. The predicted molar refractivity (Wildman–Crippen MR) is 98.9 cm³/mol. The molecule has 0 aliphatic carbocycles. The van der Waals surface area contributed by atoms with Gasteiger partial charge in [0.2, 0.25) is 0 Å². The second kappa shape index (κ2) is 12.0. The lowest BCUT2D eigenvalue weighted by Gasteiger charge is -2.05. The van der Waals surface area contributed by atoms with Crippen molar-refractivity contribution in [2.75, 3.05) is 0 Å². The van der Waals surface area contributed by atoms with E-state index in [0.29, 0.717) is 5.92 Å². The molecule has 116 valence electrons. The summed E-state index contributed by atoms with van der Waals surface area (Å²) in [6.45, 7) is 23.0. The highest BCUT2D eigenvalue weighted by Gasteiger charge is 2.11. The normalized spacial score (nSPS) is 10.9. The van der Waals surface area contributed by atoms with Crippen molar-refractivity contribution in [2.45, 2.75) is 74.7 Å². The highest BCUT2D eigenvalue weighted by molar-refractivity contribution is 7.12. The van der Waals surface area contributed by atoms with Gasteiger partial charge in [0.05, 0.1) is 0 Å². The molecule has 20 heavy (non-hydrogen) atoms. The van der Waals surface area contributed by atoms with Crippen LogP contribution < -0.4 is 0 Å². The van der Waals surface area contributed by atoms with Gasteiger partial charge in [-0.2, -0.15) is 0 Å². The Bertz CT molecular complexity index is 405. The van der Waals surface area contributed by atoms with Crippen molar-refractivity contribution in [1.29, 1.82) is 0 Å². The van der Waals surface area contributed by atoms with Crippen LogP contribution >= 0.6 is 11.3 Å². The first-order valence-corrected chi connectivity index (χ1v) is 8.75. The van der Waals surface area contributed by atoms with Crippen LogP contribution in [0.15, 0.2) is 24.3 Å². The molecular formula is C19H34S. The van der Waals surface area contributed by atoms with Crippen LogP contribution in [0.4, 0.5) is 0 Å². The van der Waals surface area contributed by atoms with Gasteiger partial charge < -0.3 is 0 Å². The minimum Gasteiger partial charge on any atom is -0.145 e. The van der Waals surface area contributed by atoms with Crippen molar-refractivity contribution in [3.63, 3.8) is 0 Å². The summed E-state index contributed by atoms with van der Waals surface area (Å²) in [4.78, 5) is 2.90. The van der Waals surface area contributed by atoms with Crippen LogP contribution in [-0.4, -0.2) is 0 Å². The Morgan fingerprint density at radius 3 is 2.05 bits per heavy atom. The molecule has 1 heteroatoms. The molecule has 0 nitrogen and oxygen atoms in total. The summed E-state index contributed by atoms with van der Waals surface area (Å²) in [5.74, 6) is 0.624. The Morgan fingerprint density at radius 2 is 1.75 bits per heavy atom. The maximum Gasteiger partial charge on any atom is 0.00923 e. The molecule has 1 aromatic heterocycles. The second-order valence-electron chi connectivity index (χ2n) is 4.48. The summed E-state index contributed by atoms with van der Waals surface area (Å²) < 4.78 is 0. The zero-order valence-corrected chi connectivity index (χ0v) is 15.9. The molecule has 1 heterocycles. The SMILES string of the molecule is C=C/C(CC)=C(\C)c1cc(C(C)C)sc1C.CC.CC. The van der Waals surface area contributed by atoms with Gasteiger partial charge >= 0.3 is 0 Å². The van der Waals surface area contributed by atoms with E-state index < -0.39 is 0 Å². The number of allylic oxidation sites excluding steroid dienone is 3. The maximum atomic E-state index is 3.90. The van der Waals surface area contributed by atoms with Crippen LogP contribution in [0.5, 0.6) is 0 Å². The topological polar surface area (TPSA) is 0 Å². The van der Waals surface area contributed by atoms with Gasteiger partial charge in [-0.3, -0.25) is 0 Å². The van der Waals surface area contributed by atoms with Crippen LogP contribution in [0.25, 0.3) is 5.57 Å². The molecule has 0 radical (unpaired) electrons. The predicted octanol–water partition coefficient (Wildman–Crippen LogP) is 7.60. The highest BCUT2D eigenvalue weighted by Crippen LogP contribution is 2.33. The molecule has 1 aromatic rings. The zero-order chi connectivity index (χ0) is 16.3. The third kappa shape index (κ3) is 6.09. The molecule has 0 aliphatic heterocycles. The Labute approximate surface area is 131 Å². The van der Waals surface area contributed by atoms with E-state index in [1.807, 2.05) is 45.1 Å². The molecule has 1 rings (SSSR count). The molecule has 0 aromatic carbocycles. The van der Waals surface area contributed by atoms with Crippen LogP contribution in [0.1, 0.15) is 83.0 Å². The second-order valence-corrected chi connectivity index (χ2v) is 5.77. The van der Waals surface area contributed by atoms with E-state index in [4.69, 9.17) is 0 Å². The summed E-state index contributed by atoms with van der Waals surface area (Å²) in [7, 11) is 0. The van der Waals surface area contributed by atoms with E-state index in [0.717, 1.165) is 6.42 Å². The first kappa shape index (κ1) is 21.5. The van der Waals surface area contributed by atoms with Gasteiger partial charge in [0, 0.05) is 9.75 Å². The lowest BCUT2D eigenvalue weighted by atomic mass is 9.99. The fourth-order valence-electron chi connectivity index (χ4n) is 1.90. The average Bonchev–Trinajstić information content (AvgIpc) is 2.86. The standard InChI is InChI=1S/C15H22S.2C2H6/c1-7-13(8-2)11(5)14-9-15(10(3)4)16-12(14)6;2*1-2/h7,9-10H,1,8H2,2-6H3;2*1-2H3/b13-11-;;. The first-order chi connectivity index (χ1) is 9.51. The highest BCUT2D eigenvalue weighted by atomic mass is 32.1. The van der Waals surface area contributed by atoms with Crippen LogP contribution in [-0.2, 0) is 0 Å². The first-order valence-electron chi connectivity index (χ1n) is 7.94. The van der Waals surface area contributed by atoms with Gasteiger partial charge in [-0.25, -0.2) is 0 Å². The van der Waals surface area contributed by atoms with E-state index >= 15 is 0 Å². The fraction of sp³-hybridized carbons (Fsp3) is 0.579. The molecule has 0 saturated carbocycles. The Kier molecular flexibility index (Phi) is 12.8.